The van der Waals surface area contributed by atoms with Crippen LogP contribution in [0.5, 0.6) is 0 Å². The Hall–Kier alpha value is -1.94. The highest BCUT2D eigenvalue weighted by Gasteiger charge is 2.37. The van der Waals surface area contributed by atoms with Crippen LogP contribution in [0.4, 0.5) is 13.6 Å². The number of likely N-dealkylation sites (tertiary alicyclic amines) is 1. The van der Waals surface area contributed by atoms with Crippen LogP contribution in [-0.4, -0.2) is 70.2 Å². The number of piperidine rings is 1. The van der Waals surface area contributed by atoms with Gasteiger partial charge in [-0.3, -0.25) is 4.79 Å². The second-order valence-corrected chi connectivity index (χ2v) is 8.78. The first kappa shape index (κ1) is 24.3. The number of H-pyrrole nitrogens is 1. The van der Waals surface area contributed by atoms with E-state index in [1.54, 1.807) is 20.8 Å². The molecule has 1 aromatic heterocycles. The summed E-state index contributed by atoms with van der Waals surface area (Å²) in [4.78, 5) is 33.2. The van der Waals surface area contributed by atoms with Gasteiger partial charge >= 0.3 is 6.09 Å². The van der Waals surface area contributed by atoms with Gasteiger partial charge in [0.15, 0.2) is 11.0 Å². The minimum absolute atomic E-state index is 0.00899. The number of carbonyl (C=O) groups is 2. The quantitative estimate of drug-likeness (QED) is 0.692. The number of nitrogens with zero attached hydrogens (tertiary/aromatic N) is 2. The summed E-state index contributed by atoms with van der Waals surface area (Å²) in [5.41, 5.74) is -0.0650. The highest BCUT2D eigenvalue weighted by molar-refractivity contribution is 6.30. The summed E-state index contributed by atoms with van der Waals surface area (Å²) in [5, 5.41) is 2.96. The number of hydrogen-bond donors (Lipinski definition) is 2. The number of alkyl halides is 2. The molecule has 2 atom stereocenters. The van der Waals surface area contributed by atoms with Gasteiger partial charge in [0, 0.05) is 13.5 Å². The molecule has 1 aromatic rings. The molecule has 2 amide bonds. The van der Waals surface area contributed by atoms with Crippen LogP contribution >= 0.6 is 11.6 Å². The molecule has 11 heteroatoms. The lowest BCUT2D eigenvalue weighted by atomic mass is 10.0. The van der Waals surface area contributed by atoms with Crippen molar-refractivity contribution in [3.63, 3.8) is 0 Å². The number of aromatic nitrogens is 2. The molecular formula is C19H29ClF2N4O4. The standard InChI is InChI=1S/C19H29ClF2N4O4/c1-6-11-14(20)25-15(23-11)16(27)24-12-7-8-26(17(28)30-18(2,3)4)9-13(12)29-10-19(5,21)22/h12-13H,6-10H2,1-5H3,(H,23,25)(H,24,27)/t12-,13+/m0/s1. The third-order valence-corrected chi connectivity index (χ3v) is 4.69. The molecule has 0 saturated carbocycles. The molecule has 2 heterocycles. The fourth-order valence-electron chi connectivity index (χ4n) is 2.96. The van der Waals surface area contributed by atoms with Gasteiger partial charge in [-0.1, -0.05) is 18.5 Å². The molecule has 0 aliphatic carbocycles. The fourth-order valence-corrected chi connectivity index (χ4v) is 3.23. The van der Waals surface area contributed by atoms with E-state index in [4.69, 9.17) is 21.1 Å². The van der Waals surface area contributed by atoms with Gasteiger partial charge < -0.3 is 24.7 Å². The van der Waals surface area contributed by atoms with Gasteiger partial charge in [-0.2, -0.15) is 0 Å². The minimum atomic E-state index is -3.05. The van der Waals surface area contributed by atoms with Crippen molar-refractivity contribution in [1.29, 1.82) is 0 Å². The number of amides is 2. The Balaban J connectivity index is 2.10. The maximum absolute atomic E-state index is 13.3. The first-order chi connectivity index (χ1) is 13.8. The average Bonchev–Trinajstić information content (AvgIpc) is 2.99. The summed E-state index contributed by atoms with van der Waals surface area (Å²) >= 11 is 5.98. The lowest BCUT2D eigenvalue weighted by Gasteiger charge is -2.39. The number of aryl methyl sites for hydroxylation is 1. The number of aromatic amines is 1. The van der Waals surface area contributed by atoms with E-state index in [9.17, 15) is 18.4 Å². The number of rotatable bonds is 6. The van der Waals surface area contributed by atoms with Crippen LogP contribution in [0.3, 0.4) is 0 Å². The molecule has 0 bridgehead atoms. The van der Waals surface area contributed by atoms with E-state index < -0.39 is 42.3 Å². The first-order valence-corrected chi connectivity index (χ1v) is 10.2. The van der Waals surface area contributed by atoms with Crippen molar-refractivity contribution in [3.8, 4) is 0 Å². The molecule has 1 saturated heterocycles. The van der Waals surface area contributed by atoms with Gasteiger partial charge in [0.25, 0.3) is 11.8 Å². The molecule has 0 unspecified atom stereocenters. The van der Waals surface area contributed by atoms with E-state index in [1.807, 2.05) is 6.92 Å². The zero-order valence-electron chi connectivity index (χ0n) is 17.9. The molecule has 1 aliphatic rings. The van der Waals surface area contributed by atoms with Crippen LogP contribution in [0.2, 0.25) is 5.15 Å². The topological polar surface area (TPSA) is 96.6 Å². The molecule has 8 nitrogen and oxygen atoms in total. The summed E-state index contributed by atoms with van der Waals surface area (Å²) in [6, 6.07) is -0.590. The van der Waals surface area contributed by atoms with Crippen molar-refractivity contribution in [2.24, 2.45) is 0 Å². The molecular weight excluding hydrogens is 422 g/mol. The minimum Gasteiger partial charge on any atom is -0.444 e. The van der Waals surface area contributed by atoms with Gasteiger partial charge in [0.1, 0.15) is 12.2 Å². The molecule has 1 aliphatic heterocycles. The smallest absolute Gasteiger partial charge is 0.410 e. The summed E-state index contributed by atoms with van der Waals surface area (Å²) in [6.45, 7) is 7.28. The number of hydrogen-bond acceptors (Lipinski definition) is 5. The third-order valence-electron chi connectivity index (χ3n) is 4.38. The normalized spacial score (nSPS) is 20.2. The van der Waals surface area contributed by atoms with Crippen LogP contribution in [-0.2, 0) is 15.9 Å². The highest BCUT2D eigenvalue weighted by Crippen LogP contribution is 2.21. The van der Waals surface area contributed by atoms with Gasteiger partial charge in [0.05, 0.1) is 24.4 Å². The maximum atomic E-state index is 13.3. The van der Waals surface area contributed by atoms with Gasteiger partial charge in [-0.05, 0) is 33.6 Å². The first-order valence-electron chi connectivity index (χ1n) is 9.81. The summed E-state index contributed by atoms with van der Waals surface area (Å²) < 4.78 is 37.4. The Morgan fingerprint density at radius 3 is 2.53 bits per heavy atom. The molecule has 0 spiro atoms. The second-order valence-electron chi connectivity index (χ2n) is 8.42. The molecule has 170 valence electrons. The fraction of sp³-hybridized carbons (Fsp3) is 0.737. The molecule has 0 aromatic carbocycles. The van der Waals surface area contributed by atoms with Crippen molar-refractivity contribution in [2.75, 3.05) is 19.7 Å². The Labute approximate surface area is 179 Å². The van der Waals surface area contributed by atoms with Gasteiger partial charge in [-0.15, -0.1) is 0 Å². The number of halogens is 3. The van der Waals surface area contributed by atoms with Gasteiger partial charge in [0.2, 0.25) is 0 Å². The number of nitrogens with one attached hydrogen (secondary N) is 2. The molecule has 2 rings (SSSR count). The van der Waals surface area contributed by atoms with Crippen molar-refractivity contribution in [3.05, 3.63) is 16.7 Å². The van der Waals surface area contributed by atoms with Crippen molar-refractivity contribution >= 4 is 23.6 Å². The Morgan fingerprint density at radius 2 is 2.00 bits per heavy atom. The van der Waals surface area contributed by atoms with E-state index in [0.29, 0.717) is 18.5 Å². The zero-order chi connectivity index (χ0) is 22.7. The van der Waals surface area contributed by atoms with E-state index >= 15 is 0 Å². The van der Waals surface area contributed by atoms with E-state index in [1.165, 1.54) is 4.90 Å². The number of imidazole rings is 1. The largest absolute Gasteiger partial charge is 0.444 e. The van der Waals surface area contributed by atoms with Crippen LogP contribution in [0.15, 0.2) is 0 Å². The summed E-state index contributed by atoms with van der Waals surface area (Å²) in [7, 11) is 0. The molecule has 2 N–H and O–H groups in total. The van der Waals surface area contributed by atoms with Gasteiger partial charge in [-0.25, -0.2) is 18.6 Å². The lowest BCUT2D eigenvalue weighted by Crippen LogP contribution is -2.57. The zero-order valence-corrected chi connectivity index (χ0v) is 18.6. The monoisotopic (exact) mass is 450 g/mol. The van der Waals surface area contributed by atoms with Crippen LogP contribution in [0.25, 0.3) is 0 Å². The Morgan fingerprint density at radius 1 is 1.33 bits per heavy atom. The van der Waals surface area contributed by atoms with Crippen molar-refractivity contribution in [1.82, 2.24) is 20.2 Å². The second kappa shape index (κ2) is 9.47. The predicted octanol–water partition coefficient (Wildman–Crippen LogP) is 3.41. The van der Waals surface area contributed by atoms with Crippen molar-refractivity contribution in [2.45, 2.75) is 71.1 Å². The molecule has 0 radical (unpaired) electrons. The van der Waals surface area contributed by atoms with Crippen molar-refractivity contribution < 1.29 is 27.8 Å². The number of ether oxygens (including phenoxy) is 2. The van der Waals surface area contributed by atoms with E-state index in [2.05, 4.69) is 15.3 Å². The van der Waals surface area contributed by atoms with Crippen LogP contribution in [0.1, 0.15) is 57.4 Å². The Bertz CT molecular complexity index is 761. The summed E-state index contributed by atoms with van der Waals surface area (Å²) in [6.07, 6.45) is -0.517. The SMILES string of the molecule is CCc1[nH]c(C(=O)N[C@H]2CCN(C(=O)OC(C)(C)C)C[C@H]2OCC(C)(F)F)nc1Cl. The van der Waals surface area contributed by atoms with E-state index in [0.717, 1.165) is 6.92 Å². The van der Waals surface area contributed by atoms with Crippen LogP contribution in [0, 0.1) is 0 Å². The van der Waals surface area contributed by atoms with E-state index in [-0.39, 0.29) is 24.1 Å². The maximum Gasteiger partial charge on any atom is 0.410 e. The van der Waals surface area contributed by atoms with Crippen LogP contribution < -0.4 is 5.32 Å². The average molecular weight is 451 g/mol. The number of carbonyl (C=O) groups excluding carboxylic acids is 2. The molecule has 30 heavy (non-hydrogen) atoms. The highest BCUT2D eigenvalue weighted by atomic mass is 35.5. The predicted molar refractivity (Wildman–Crippen MR) is 107 cm³/mol. The third kappa shape index (κ3) is 7.09. The summed E-state index contributed by atoms with van der Waals surface area (Å²) in [5.74, 6) is -3.54. The Kier molecular flexibility index (Phi) is 7.68. The molecule has 1 fully saturated rings. The lowest BCUT2D eigenvalue weighted by molar-refractivity contribution is -0.107.